The van der Waals surface area contributed by atoms with Crippen molar-refractivity contribution in [2.45, 2.75) is 26.2 Å². The molecule has 0 aliphatic rings. The van der Waals surface area contributed by atoms with E-state index in [1.807, 2.05) is 109 Å². The molecule has 0 fully saturated rings. The van der Waals surface area contributed by atoms with E-state index < -0.39 is 23.5 Å². The molecule has 0 aliphatic heterocycles. The maximum absolute atomic E-state index is 13.8. The van der Waals surface area contributed by atoms with Crippen LogP contribution in [0.2, 0.25) is 0 Å². The van der Waals surface area contributed by atoms with E-state index in [1.54, 1.807) is 0 Å². The first kappa shape index (κ1) is 41.2. The first-order valence-electron chi connectivity index (χ1n) is 21.0. The molecule has 0 saturated heterocycles. The number of fused-ring (bicyclic) bond motifs is 4. The van der Waals surface area contributed by atoms with Gasteiger partial charge < -0.3 is 14.4 Å². The molecule has 10 aromatic rings. The highest BCUT2D eigenvalue weighted by atomic mass is 19.4. The zero-order chi connectivity index (χ0) is 45.0. The van der Waals surface area contributed by atoms with E-state index in [1.165, 1.54) is 24.3 Å². The highest BCUT2D eigenvalue weighted by molar-refractivity contribution is 6.15. The highest BCUT2D eigenvalue weighted by Crippen LogP contribution is 2.44. The van der Waals surface area contributed by atoms with Crippen LogP contribution in [-0.4, -0.2) is 4.57 Å². The molecule has 10 rings (SSSR count). The van der Waals surface area contributed by atoms with E-state index in [0.29, 0.717) is 11.4 Å². The lowest BCUT2D eigenvalue weighted by atomic mass is 10.0. The summed E-state index contributed by atoms with van der Waals surface area (Å²) in [6.07, 6.45) is -8.95. The van der Waals surface area contributed by atoms with Crippen molar-refractivity contribution in [3.63, 3.8) is 0 Å². The Morgan fingerprint density at radius 2 is 0.831 bits per heavy atom. The molecule has 9 heteroatoms. The zero-order valence-corrected chi connectivity index (χ0v) is 35.2. The molecule has 0 aliphatic carbocycles. The highest BCUT2D eigenvalue weighted by Gasteiger charge is 2.31. The van der Waals surface area contributed by atoms with Crippen LogP contribution in [-0.2, 0) is 12.4 Å². The minimum absolute atomic E-state index is 0.572. The number of rotatable bonds is 8. The number of nitrogens with zero attached hydrogens (tertiary/aromatic N) is 3. The normalized spacial score (nSPS) is 12.0. The summed E-state index contributed by atoms with van der Waals surface area (Å²) < 4.78 is 84.5. The van der Waals surface area contributed by atoms with Crippen LogP contribution in [0.5, 0.6) is 0 Å². The van der Waals surface area contributed by atoms with Crippen LogP contribution in [0.1, 0.15) is 22.3 Å². The third-order valence-electron chi connectivity index (χ3n) is 11.9. The fourth-order valence-electron chi connectivity index (χ4n) is 8.75. The Bertz CT molecular complexity index is 3350. The molecule has 0 spiro atoms. The van der Waals surface area contributed by atoms with Gasteiger partial charge in [0.05, 0.1) is 22.2 Å². The van der Waals surface area contributed by atoms with E-state index in [-0.39, 0.29) is 0 Å². The van der Waals surface area contributed by atoms with Gasteiger partial charge in [-0.1, -0.05) is 78.9 Å². The number of anilines is 6. The van der Waals surface area contributed by atoms with E-state index in [2.05, 4.69) is 71.3 Å². The molecular formula is C56H39F6N3. The fourth-order valence-corrected chi connectivity index (χ4v) is 8.75. The summed E-state index contributed by atoms with van der Waals surface area (Å²) in [5.41, 5.74) is 9.67. The lowest BCUT2D eigenvalue weighted by molar-refractivity contribution is -0.138. The van der Waals surface area contributed by atoms with Gasteiger partial charge in [0, 0.05) is 50.6 Å². The summed E-state index contributed by atoms with van der Waals surface area (Å²) in [5, 5.41) is 3.85. The van der Waals surface area contributed by atoms with Crippen molar-refractivity contribution in [2.24, 2.45) is 0 Å². The van der Waals surface area contributed by atoms with Crippen molar-refractivity contribution in [2.75, 3.05) is 9.80 Å². The van der Waals surface area contributed by atoms with Crippen molar-refractivity contribution in [1.29, 1.82) is 0 Å². The number of benzene rings is 9. The second kappa shape index (κ2) is 16.1. The van der Waals surface area contributed by atoms with Gasteiger partial charge in [-0.2, -0.15) is 26.3 Å². The van der Waals surface area contributed by atoms with Gasteiger partial charge in [-0.15, -0.1) is 0 Å². The van der Waals surface area contributed by atoms with Crippen LogP contribution in [0.15, 0.2) is 200 Å². The average Bonchev–Trinajstić information content (AvgIpc) is 3.61. The Labute approximate surface area is 371 Å². The molecule has 0 amide bonds. The maximum Gasteiger partial charge on any atom is 0.416 e. The van der Waals surface area contributed by atoms with Crippen LogP contribution < -0.4 is 9.80 Å². The van der Waals surface area contributed by atoms with Crippen LogP contribution in [0, 0.1) is 13.8 Å². The largest absolute Gasteiger partial charge is 0.416 e. The average molecular weight is 868 g/mol. The first-order chi connectivity index (χ1) is 31.3. The van der Waals surface area contributed by atoms with Gasteiger partial charge in [-0.25, -0.2) is 0 Å². The summed E-state index contributed by atoms with van der Waals surface area (Å²) in [7, 11) is 0. The molecule has 320 valence electrons. The lowest BCUT2D eigenvalue weighted by Crippen LogP contribution is -2.11. The van der Waals surface area contributed by atoms with Gasteiger partial charge >= 0.3 is 12.4 Å². The second-order valence-corrected chi connectivity index (χ2v) is 16.3. The number of alkyl halides is 6. The Morgan fingerprint density at radius 1 is 0.354 bits per heavy atom. The summed E-state index contributed by atoms with van der Waals surface area (Å²) >= 11 is 0. The van der Waals surface area contributed by atoms with Crippen molar-refractivity contribution >= 4 is 66.7 Å². The van der Waals surface area contributed by atoms with Crippen LogP contribution in [0.4, 0.5) is 60.5 Å². The molecular weight excluding hydrogens is 829 g/mol. The Kier molecular flexibility index (Phi) is 10.2. The quantitative estimate of drug-likeness (QED) is 0.141. The predicted octanol–water partition coefficient (Wildman–Crippen LogP) is 17.2. The SMILES string of the molecule is Cc1cccc(N(c2ccc(C(F)(F)F)cc2)c2ccc3cc4c5ccc(N(c6ccc(C(F)(F)F)cc6)c6cccc(C)c6)cc5n(-c5ccc(-c6ccccc6)cc5)c4cc3c2)c1. The molecule has 0 radical (unpaired) electrons. The number of aromatic nitrogens is 1. The van der Waals surface area contributed by atoms with Gasteiger partial charge in [0.25, 0.3) is 0 Å². The van der Waals surface area contributed by atoms with Gasteiger partial charge in [-0.3, -0.25) is 0 Å². The molecule has 0 bridgehead atoms. The second-order valence-electron chi connectivity index (χ2n) is 16.3. The monoisotopic (exact) mass is 867 g/mol. The standard InChI is InChI=1S/C56H39F6N3/c1-36-8-6-12-47(30-36)63(44-24-17-42(18-25-44)55(57,58)59)49-23-16-40-33-52-51-29-28-50(64(48-13-7-9-37(2)31-48)45-26-19-43(20-27-45)56(60,61)62)35-54(51)65(53(52)34-41(40)32-49)46-21-14-39(15-22-46)38-10-4-3-5-11-38/h3-35H,1-2H3. The molecule has 0 N–H and O–H groups in total. The third-order valence-corrected chi connectivity index (χ3v) is 11.9. The Balaban J connectivity index is 1.18. The number of halogens is 6. The van der Waals surface area contributed by atoms with Gasteiger partial charge in [0.15, 0.2) is 0 Å². The number of aryl methyl sites for hydroxylation is 2. The Morgan fingerprint density at radius 3 is 1.37 bits per heavy atom. The zero-order valence-electron chi connectivity index (χ0n) is 35.2. The summed E-state index contributed by atoms with van der Waals surface area (Å²) in [5.74, 6) is 0. The summed E-state index contributed by atoms with van der Waals surface area (Å²) in [4.78, 5) is 3.93. The van der Waals surface area contributed by atoms with E-state index in [0.717, 1.165) is 108 Å². The predicted molar refractivity (Wildman–Crippen MR) is 253 cm³/mol. The molecule has 1 heterocycles. The molecule has 9 aromatic carbocycles. The topological polar surface area (TPSA) is 11.4 Å². The minimum Gasteiger partial charge on any atom is -0.310 e. The van der Waals surface area contributed by atoms with Gasteiger partial charge in [0.1, 0.15) is 0 Å². The molecule has 3 nitrogen and oxygen atoms in total. The number of hydrogen-bond donors (Lipinski definition) is 0. The van der Waals surface area contributed by atoms with Crippen LogP contribution in [0.3, 0.4) is 0 Å². The molecule has 1 aromatic heterocycles. The fraction of sp³-hybridized carbons (Fsp3) is 0.0714. The molecule has 0 atom stereocenters. The van der Waals surface area contributed by atoms with Crippen molar-refractivity contribution in [3.8, 4) is 16.8 Å². The van der Waals surface area contributed by atoms with Crippen molar-refractivity contribution in [1.82, 2.24) is 4.57 Å². The Hall–Kier alpha value is -7.78. The van der Waals surface area contributed by atoms with Crippen LogP contribution >= 0.6 is 0 Å². The number of hydrogen-bond acceptors (Lipinski definition) is 2. The smallest absolute Gasteiger partial charge is 0.310 e. The molecule has 65 heavy (non-hydrogen) atoms. The third kappa shape index (κ3) is 7.95. The van der Waals surface area contributed by atoms with Crippen molar-refractivity contribution < 1.29 is 26.3 Å². The van der Waals surface area contributed by atoms with Gasteiger partial charge in [-0.05, 0) is 168 Å². The van der Waals surface area contributed by atoms with Gasteiger partial charge in [0.2, 0.25) is 0 Å². The van der Waals surface area contributed by atoms with Crippen LogP contribution in [0.25, 0.3) is 49.4 Å². The first-order valence-corrected chi connectivity index (χ1v) is 21.0. The maximum atomic E-state index is 13.8. The van der Waals surface area contributed by atoms with E-state index in [4.69, 9.17) is 0 Å². The van der Waals surface area contributed by atoms with Crippen molar-refractivity contribution in [3.05, 3.63) is 222 Å². The summed E-state index contributed by atoms with van der Waals surface area (Å²) in [6.45, 7) is 3.96. The minimum atomic E-state index is -4.48. The van der Waals surface area contributed by atoms with E-state index in [9.17, 15) is 26.3 Å². The molecule has 0 saturated carbocycles. The molecule has 0 unspecified atom stereocenters. The lowest BCUT2D eigenvalue weighted by Gasteiger charge is -2.26. The summed E-state index contributed by atoms with van der Waals surface area (Å²) in [6, 6.07) is 61.2. The van der Waals surface area contributed by atoms with E-state index >= 15 is 0 Å².